The molecule has 7 heteroatoms. The molecule has 132 valence electrons. The van der Waals surface area contributed by atoms with E-state index in [9.17, 15) is 9.50 Å². The summed E-state index contributed by atoms with van der Waals surface area (Å²) in [5.41, 5.74) is 5.43. The van der Waals surface area contributed by atoms with Gasteiger partial charge in [-0.2, -0.15) is 5.10 Å². The third-order valence-electron chi connectivity index (χ3n) is 4.75. The summed E-state index contributed by atoms with van der Waals surface area (Å²) in [5.74, 6) is -0.418. The maximum Gasteiger partial charge on any atom is 0.182 e. The molecule has 0 unspecified atom stereocenters. The van der Waals surface area contributed by atoms with Crippen LogP contribution in [0.25, 0.3) is 22.0 Å². The number of nitrogens with one attached hydrogen (secondary N) is 1. The lowest BCUT2D eigenvalue weighted by atomic mass is 9.96. The van der Waals surface area contributed by atoms with Crippen LogP contribution in [0.3, 0.4) is 0 Å². The molecule has 1 aromatic heterocycles. The van der Waals surface area contributed by atoms with E-state index in [-0.39, 0.29) is 5.75 Å². The van der Waals surface area contributed by atoms with Gasteiger partial charge < -0.3 is 5.11 Å². The van der Waals surface area contributed by atoms with E-state index >= 15 is 0 Å². The lowest BCUT2D eigenvalue weighted by Crippen LogP contribution is -1.97. The molecule has 6 nitrogen and oxygen atoms in total. The SMILES string of the molecule is CCc1cc(O)c(F)cc1-c1ccc2c(C3=NC4=CN=CC4=N3)n[nH]c2c1. The predicted molar refractivity (Wildman–Crippen MR) is 103 cm³/mol. The first-order valence-corrected chi connectivity index (χ1v) is 8.55. The molecule has 2 aliphatic rings. The maximum absolute atomic E-state index is 13.9. The Kier molecular flexibility index (Phi) is 3.30. The Hall–Kier alpha value is -3.61. The van der Waals surface area contributed by atoms with Crippen molar-refractivity contribution in [1.82, 2.24) is 10.2 Å². The van der Waals surface area contributed by atoms with Crippen molar-refractivity contribution in [2.24, 2.45) is 15.0 Å². The third kappa shape index (κ3) is 2.39. The van der Waals surface area contributed by atoms with Crippen molar-refractivity contribution < 1.29 is 9.50 Å². The number of halogens is 1. The number of hydrogen-bond acceptors (Lipinski definition) is 5. The van der Waals surface area contributed by atoms with E-state index in [0.717, 1.165) is 39.0 Å². The number of fused-ring (bicyclic) bond motifs is 2. The largest absolute Gasteiger partial charge is 0.505 e. The zero-order valence-electron chi connectivity index (χ0n) is 14.4. The van der Waals surface area contributed by atoms with Gasteiger partial charge in [-0.15, -0.1) is 0 Å². The fourth-order valence-electron chi connectivity index (χ4n) is 3.37. The van der Waals surface area contributed by atoms with Gasteiger partial charge in [-0.1, -0.05) is 13.0 Å². The molecule has 27 heavy (non-hydrogen) atoms. The van der Waals surface area contributed by atoms with Crippen molar-refractivity contribution in [3.63, 3.8) is 0 Å². The number of H-pyrrole nitrogens is 1. The molecular weight excluding hydrogens is 345 g/mol. The van der Waals surface area contributed by atoms with Gasteiger partial charge in [-0.3, -0.25) is 10.1 Å². The molecule has 3 aromatic rings. The first kappa shape index (κ1) is 15.6. The number of aliphatic imine (C=N–C) groups is 3. The molecule has 2 aromatic carbocycles. The number of aromatic hydroxyl groups is 1. The normalized spacial score (nSPS) is 15.1. The van der Waals surface area contributed by atoms with Crippen molar-refractivity contribution in [2.45, 2.75) is 13.3 Å². The Morgan fingerprint density at radius 1 is 1.15 bits per heavy atom. The molecule has 0 saturated heterocycles. The molecule has 0 atom stereocenters. The summed E-state index contributed by atoms with van der Waals surface area (Å²) in [5, 5.41) is 17.9. The summed E-state index contributed by atoms with van der Waals surface area (Å²) in [6.07, 6.45) is 4.02. The summed E-state index contributed by atoms with van der Waals surface area (Å²) < 4.78 is 13.9. The summed E-state index contributed by atoms with van der Waals surface area (Å²) in [4.78, 5) is 12.9. The molecule has 2 N–H and O–H groups in total. The van der Waals surface area contributed by atoms with Gasteiger partial charge in [0, 0.05) is 5.39 Å². The minimum Gasteiger partial charge on any atom is -0.505 e. The number of phenolic OH excluding ortho intramolecular Hbond substituents is 1. The van der Waals surface area contributed by atoms with Gasteiger partial charge in [0.25, 0.3) is 0 Å². The highest BCUT2D eigenvalue weighted by Gasteiger charge is 2.22. The number of aryl methyl sites for hydroxylation is 1. The van der Waals surface area contributed by atoms with Crippen LogP contribution in [0.4, 0.5) is 4.39 Å². The van der Waals surface area contributed by atoms with Crippen LogP contribution >= 0.6 is 0 Å². The van der Waals surface area contributed by atoms with Crippen LogP contribution in [-0.2, 0) is 6.42 Å². The molecule has 0 amide bonds. The van der Waals surface area contributed by atoms with E-state index in [1.165, 1.54) is 12.1 Å². The number of amidine groups is 1. The van der Waals surface area contributed by atoms with Gasteiger partial charge in [0.05, 0.1) is 17.9 Å². The highest BCUT2D eigenvalue weighted by molar-refractivity contribution is 6.44. The molecule has 0 bridgehead atoms. The van der Waals surface area contributed by atoms with E-state index in [1.807, 2.05) is 25.1 Å². The van der Waals surface area contributed by atoms with Crippen molar-refractivity contribution in [1.29, 1.82) is 0 Å². The number of aromatic amines is 1. The van der Waals surface area contributed by atoms with Gasteiger partial charge in [0.2, 0.25) is 0 Å². The minimum absolute atomic E-state index is 0.331. The zero-order valence-corrected chi connectivity index (χ0v) is 14.4. The van der Waals surface area contributed by atoms with Crippen LogP contribution in [0, 0.1) is 5.82 Å². The Balaban J connectivity index is 1.60. The van der Waals surface area contributed by atoms with Gasteiger partial charge >= 0.3 is 0 Å². The quantitative estimate of drug-likeness (QED) is 0.746. The molecule has 3 heterocycles. The fraction of sp³-hybridized carbons (Fsp3) is 0.100. The second kappa shape index (κ2) is 5.70. The number of rotatable bonds is 3. The second-order valence-corrected chi connectivity index (χ2v) is 6.37. The average molecular weight is 359 g/mol. The first-order valence-electron chi connectivity index (χ1n) is 8.55. The Morgan fingerprint density at radius 3 is 2.85 bits per heavy atom. The van der Waals surface area contributed by atoms with Crippen LogP contribution in [-0.4, -0.2) is 33.1 Å². The number of allylic oxidation sites excluding steroid dienone is 1. The Labute approximate surface area is 153 Å². The minimum atomic E-state index is -0.634. The van der Waals surface area contributed by atoms with Gasteiger partial charge in [-0.05, 0) is 47.4 Å². The monoisotopic (exact) mass is 359 g/mol. The molecule has 0 aliphatic carbocycles. The smallest absolute Gasteiger partial charge is 0.182 e. The van der Waals surface area contributed by atoms with E-state index < -0.39 is 5.82 Å². The van der Waals surface area contributed by atoms with E-state index in [1.54, 1.807) is 12.4 Å². The topological polar surface area (TPSA) is 86.0 Å². The average Bonchev–Trinajstić information content (AvgIpc) is 3.36. The number of nitrogens with zero attached hydrogens (tertiary/aromatic N) is 4. The molecule has 0 spiro atoms. The van der Waals surface area contributed by atoms with Crippen molar-refractivity contribution >= 4 is 28.7 Å². The number of phenols is 1. The highest BCUT2D eigenvalue weighted by atomic mass is 19.1. The summed E-state index contributed by atoms with van der Waals surface area (Å²) in [7, 11) is 0. The molecule has 0 radical (unpaired) electrons. The van der Waals surface area contributed by atoms with Crippen LogP contribution in [0.1, 0.15) is 18.2 Å². The number of benzene rings is 2. The van der Waals surface area contributed by atoms with E-state index in [0.29, 0.717) is 18.0 Å². The van der Waals surface area contributed by atoms with E-state index in [2.05, 4.69) is 25.2 Å². The summed E-state index contributed by atoms with van der Waals surface area (Å²) in [6, 6.07) is 8.60. The highest BCUT2D eigenvalue weighted by Crippen LogP contribution is 2.32. The summed E-state index contributed by atoms with van der Waals surface area (Å²) in [6.45, 7) is 1.97. The van der Waals surface area contributed by atoms with Crippen molar-refractivity contribution in [2.75, 3.05) is 0 Å². The Morgan fingerprint density at radius 2 is 2.04 bits per heavy atom. The standard InChI is InChI=1S/C20H14FN5O/c1-2-10-6-18(27)14(21)7-13(10)11-3-4-12-15(5-11)25-26-19(12)20-23-16-8-22-9-17(16)24-20/h3-9,27H,2H2,1H3,(H,25,26). The first-order chi connectivity index (χ1) is 13.1. The van der Waals surface area contributed by atoms with Crippen LogP contribution in [0.15, 0.2) is 57.2 Å². The van der Waals surface area contributed by atoms with Crippen molar-refractivity contribution in [3.05, 3.63) is 59.3 Å². The van der Waals surface area contributed by atoms with Gasteiger partial charge in [0.1, 0.15) is 17.1 Å². The maximum atomic E-state index is 13.9. The molecular formula is C20H14FN5O. The molecule has 0 fully saturated rings. The molecule has 0 saturated carbocycles. The van der Waals surface area contributed by atoms with Crippen LogP contribution in [0.2, 0.25) is 0 Å². The lowest BCUT2D eigenvalue weighted by molar-refractivity contribution is 0.432. The Bertz CT molecular complexity index is 1230. The third-order valence-corrected chi connectivity index (χ3v) is 4.75. The van der Waals surface area contributed by atoms with E-state index in [4.69, 9.17) is 0 Å². The molecule has 2 aliphatic heterocycles. The number of aromatic nitrogens is 2. The summed E-state index contributed by atoms with van der Waals surface area (Å²) >= 11 is 0. The lowest BCUT2D eigenvalue weighted by Gasteiger charge is -2.10. The molecule has 5 rings (SSSR count). The fourth-order valence-corrected chi connectivity index (χ4v) is 3.37. The van der Waals surface area contributed by atoms with Gasteiger partial charge in [-0.25, -0.2) is 14.4 Å². The van der Waals surface area contributed by atoms with Gasteiger partial charge in [0.15, 0.2) is 17.4 Å². The van der Waals surface area contributed by atoms with Crippen molar-refractivity contribution in [3.8, 4) is 16.9 Å². The van der Waals surface area contributed by atoms with Crippen LogP contribution in [0.5, 0.6) is 5.75 Å². The zero-order chi connectivity index (χ0) is 18.5. The second-order valence-electron chi connectivity index (χ2n) is 6.37. The van der Waals surface area contributed by atoms with Crippen LogP contribution < -0.4 is 0 Å². The predicted octanol–water partition coefficient (Wildman–Crippen LogP) is 3.76. The number of hydrogen-bond donors (Lipinski definition) is 2.